The first-order chi connectivity index (χ1) is 5.63. The molecule has 0 radical (unpaired) electrons. The number of hydrogen-bond acceptors (Lipinski definition) is 0. The summed E-state index contributed by atoms with van der Waals surface area (Å²) in [6, 6.07) is 7.83. The highest BCUT2D eigenvalue weighted by Gasteiger charge is 2.13. The molecular weight excluding hydrogens is 191 g/mol. The lowest BCUT2D eigenvalue weighted by Gasteiger charge is -2.15. The maximum atomic E-state index is 6.00. The summed E-state index contributed by atoms with van der Waals surface area (Å²) >= 11 is 12.0. The smallest absolute Gasteiger partial charge is 0.0441 e. The molecule has 0 saturated carbocycles. The zero-order valence-corrected chi connectivity index (χ0v) is 8.73. The number of alkyl halides is 1. The topological polar surface area (TPSA) is 0 Å². The van der Waals surface area contributed by atoms with Crippen LogP contribution in [0.2, 0.25) is 5.02 Å². The predicted octanol–water partition coefficient (Wildman–Crippen LogP) is 4.07. The summed E-state index contributed by atoms with van der Waals surface area (Å²) in [6.45, 7) is 4.06. The van der Waals surface area contributed by atoms with Gasteiger partial charge in [-0.05, 0) is 24.5 Å². The van der Waals surface area contributed by atoms with Crippen molar-refractivity contribution in [2.75, 3.05) is 0 Å². The zero-order valence-electron chi connectivity index (χ0n) is 7.22. The van der Waals surface area contributed by atoms with E-state index < -0.39 is 0 Å². The molecule has 66 valence electrons. The van der Waals surface area contributed by atoms with E-state index in [1.807, 2.05) is 31.2 Å². The molecule has 12 heavy (non-hydrogen) atoms. The fourth-order valence-electron chi connectivity index (χ4n) is 1.09. The molecule has 0 aliphatic heterocycles. The van der Waals surface area contributed by atoms with Gasteiger partial charge in [0, 0.05) is 10.4 Å². The minimum atomic E-state index is 0.116. The standard InChI is InChI=1S/C10H12Cl2/c1-7(8(2)11)9-5-3-4-6-10(9)12/h3-8H,1-2H3. The van der Waals surface area contributed by atoms with E-state index in [4.69, 9.17) is 23.2 Å². The maximum Gasteiger partial charge on any atom is 0.0441 e. The van der Waals surface area contributed by atoms with Crippen molar-refractivity contribution in [2.24, 2.45) is 0 Å². The Morgan fingerprint density at radius 1 is 1.17 bits per heavy atom. The molecule has 0 aliphatic carbocycles. The van der Waals surface area contributed by atoms with Gasteiger partial charge in [-0.2, -0.15) is 0 Å². The number of hydrogen-bond donors (Lipinski definition) is 0. The largest absolute Gasteiger partial charge is 0.123 e. The van der Waals surface area contributed by atoms with Gasteiger partial charge in [-0.15, -0.1) is 11.6 Å². The monoisotopic (exact) mass is 202 g/mol. The second-order valence-electron chi connectivity index (χ2n) is 2.99. The fourth-order valence-corrected chi connectivity index (χ4v) is 1.54. The minimum absolute atomic E-state index is 0.116. The molecule has 0 aliphatic rings. The van der Waals surface area contributed by atoms with E-state index in [2.05, 4.69) is 6.92 Å². The maximum absolute atomic E-state index is 6.00. The van der Waals surface area contributed by atoms with Crippen LogP contribution < -0.4 is 0 Å². The van der Waals surface area contributed by atoms with Gasteiger partial charge in [0.2, 0.25) is 0 Å². The van der Waals surface area contributed by atoms with E-state index in [0.717, 1.165) is 10.6 Å². The Balaban J connectivity index is 2.94. The Bertz CT molecular complexity index is 256. The van der Waals surface area contributed by atoms with Gasteiger partial charge in [-0.1, -0.05) is 36.7 Å². The quantitative estimate of drug-likeness (QED) is 0.635. The number of halogens is 2. The van der Waals surface area contributed by atoms with E-state index in [0.29, 0.717) is 5.92 Å². The molecule has 0 saturated heterocycles. The van der Waals surface area contributed by atoms with Gasteiger partial charge >= 0.3 is 0 Å². The highest BCUT2D eigenvalue weighted by molar-refractivity contribution is 6.31. The van der Waals surface area contributed by atoms with Gasteiger partial charge in [-0.25, -0.2) is 0 Å². The highest BCUT2D eigenvalue weighted by atomic mass is 35.5. The summed E-state index contributed by atoms with van der Waals surface area (Å²) in [6.07, 6.45) is 0. The van der Waals surface area contributed by atoms with E-state index in [1.165, 1.54) is 0 Å². The van der Waals surface area contributed by atoms with Crippen LogP contribution >= 0.6 is 23.2 Å². The lowest BCUT2D eigenvalue weighted by Crippen LogP contribution is -2.05. The molecule has 0 aromatic heterocycles. The molecule has 0 nitrogen and oxygen atoms in total. The van der Waals surface area contributed by atoms with Crippen LogP contribution in [0.1, 0.15) is 25.3 Å². The molecule has 2 heteroatoms. The Labute approximate surface area is 83.5 Å². The first-order valence-electron chi connectivity index (χ1n) is 4.01. The normalized spacial score (nSPS) is 15.7. The van der Waals surface area contributed by atoms with E-state index in [-0.39, 0.29) is 5.38 Å². The molecule has 0 fully saturated rings. The van der Waals surface area contributed by atoms with Crippen molar-refractivity contribution >= 4 is 23.2 Å². The van der Waals surface area contributed by atoms with E-state index in [1.54, 1.807) is 0 Å². The average Bonchev–Trinajstić information content (AvgIpc) is 2.04. The third-order valence-electron chi connectivity index (χ3n) is 2.08. The Kier molecular flexibility index (Phi) is 3.42. The van der Waals surface area contributed by atoms with Crippen molar-refractivity contribution in [1.29, 1.82) is 0 Å². The van der Waals surface area contributed by atoms with Gasteiger partial charge in [0.05, 0.1) is 0 Å². The molecule has 0 N–H and O–H groups in total. The lowest BCUT2D eigenvalue weighted by atomic mass is 9.98. The summed E-state index contributed by atoms with van der Waals surface area (Å²) in [5, 5.41) is 0.919. The average molecular weight is 203 g/mol. The summed E-state index contributed by atoms with van der Waals surface area (Å²) < 4.78 is 0. The first kappa shape index (κ1) is 9.88. The third kappa shape index (κ3) is 2.15. The molecule has 2 atom stereocenters. The van der Waals surface area contributed by atoms with Crippen LogP contribution in [0, 0.1) is 0 Å². The fraction of sp³-hybridized carbons (Fsp3) is 0.400. The van der Waals surface area contributed by atoms with Crippen LogP contribution in [0.5, 0.6) is 0 Å². The number of benzene rings is 1. The van der Waals surface area contributed by atoms with Crippen LogP contribution in [0.4, 0.5) is 0 Å². The summed E-state index contributed by atoms with van der Waals surface area (Å²) in [5.74, 6) is 0.306. The second kappa shape index (κ2) is 4.15. The summed E-state index contributed by atoms with van der Waals surface area (Å²) in [4.78, 5) is 0. The molecule has 0 spiro atoms. The van der Waals surface area contributed by atoms with Crippen LogP contribution in [0.15, 0.2) is 24.3 Å². The van der Waals surface area contributed by atoms with Crippen LogP contribution in [0.25, 0.3) is 0 Å². The van der Waals surface area contributed by atoms with Crippen molar-refractivity contribution in [3.05, 3.63) is 34.9 Å². The summed E-state index contributed by atoms with van der Waals surface area (Å²) in [5.41, 5.74) is 1.13. The van der Waals surface area contributed by atoms with Gasteiger partial charge in [-0.3, -0.25) is 0 Å². The molecule has 0 amide bonds. The molecule has 0 bridgehead atoms. The van der Waals surface area contributed by atoms with Gasteiger partial charge in [0.15, 0.2) is 0 Å². The van der Waals surface area contributed by atoms with Gasteiger partial charge in [0.1, 0.15) is 0 Å². The zero-order chi connectivity index (χ0) is 9.14. The minimum Gasteiger partial charge on any atom is -0.123 e. The van der Waals surface area contributed by atoms with Crippen LogP contribution in [-0.2, 0) is 0 Å². The van der Waals surface area contributed by atoms with E-state index >= 15 is 0 Å². The Morgan fingerprint density at radius 3 is 2.25 bits per heavy atom. The molecule has 1 rings (SSSR count). The van der Waals surface area contributed by atoms with Gasteiger partial charge < -0.3 is 0 Å². The molecule has 1 aromatic rings. The van der Waals surface area contributed by atoms with E-state index in [9.17, 15) is 0 Å². The van der Waals surface area contributed by atoms with Crippen molar-refractivity contribution in [3.8, 4) is 0 Å². The van der Waals surface area contributed by atoms with Crippen molar-refractivity contribution in [2.45, 2.75) is 25.1 Å². The summed E-state index contributed by atoms with van der Waals surface area (Å²) in [7, 11) is 0. The third-order valence-corrected chi connectivity index (χ3v) is 2.81. The van der Waals surface area contributed by atoms with Crippen molar-refractivity contribution in [1.82, 2.24) is 0 Å². The molecule has 0 heterocycles. The molecule has 2 unspecified atom stereocenters. The van der Waals surface area contributed by atoms with Crippen molar-refractivity contribution in [3.63, 3.8) is 0 Å². The van der Waals surface area contributed by atoms with Crippen molar-refractivity contribution < 1.29 is 0 Å². The van der Waals surface area contributed by atoms with Gasteiger partial charge in [0.25, 0.3) is 0 Å². The highest BCUT2D eigenvalue weighted by Crippen LogP contribution is 2.28. The number of rotatable bonds is 2. The Morgan fingerprint density at radius 2 is 1.75 bits per heavy atom. The van der Waals surface area contributed by atoms with Crippen LogP contribution in [0.3, 0.4) is 0 Å². The second-order valence-corrected chi connectivity index (χ2v) is 4.08. The first-order valence-corrected chi connectivity index (χ1v) is 4.83. The molecular formula is C10H12Cl2. The predicted molar refractivity (Wildman–Crippen MR) is 55.2 cm³/mol. The lowest BCUT2D eigenvalue weighted by molar-refractivity contribution is 0.743. The Hall–Kier alpha value is -0.200. The molecule has 1 aromatic carbocycles. The SMILES string of the molecule is CC(Cl)C(C)c1ccccc1Cl. The van der Waals surface area contributed by atoms with Crippen LogP contribution in [-0.4, -0.2) is 5.38 Å².